The zero-order chi connectivity index (χ0) is 23.6. The molecule has 3 aromatic rings. The Bertz CT molecular complexity index is 1160. The summed E-state index contributed by atoms with van der Waals surface area (Å²) < 4.78 is 0.943. The van der Waals surface area contributed by atoms with Gasteiger partial charge in [-0.25, -0.2) is 0 Å². The van der Waals surface area contributed by atoms with Gasteiger partial charge in [-0.2, -0.15) is 0 Å². The van der Waals surface area contributed by atoms with Crippen molar-refractivity contribution in [2.24, 2.45) is 0 Å². The summed E-state index contributed by atoms with van der Waals surface area (Å²) in [6.45, 7) is 7.17. The van der Waals surface area contributed by atoms with E-state index >= 15 is 0 Å². The first kappa shape index (κ1) is 23.9. The fraction of sp³-hybridized carbons (Fsp3) is 0.240. The molecule has 1 saturated heterocycles. The summed E-state index contributed by atoms with van der Waals surface area (Å²) in [5.74, 6) is -0.214. The van der Waals surface area contributed by atoms with E-state index in [9.17, 15) is 4.79 Å². The van der Waals surface area contributed by atoms with Gasteiger partial charge in [-0.15, -0.1) is 0 Å². The number of piperazine rings is 1. The second-order valence-corrected chi connectivity index (χ2v) is 10.4. The number of amides is 1. The van der Waals surface area contributed by atoms with Crippen molar-refractivity contribution in [3.63, 3.8) is 0 Å². The maximum Gasteiger partial charge on any atom is 0.257 e. The van der Waals surface area contributed by atoms with E-state index in [2.05, 4.69) is 50.6 Å². The first-order chi connectivity index (χ1) is 15.7. The number of anilines is 4. The topological polar surface area (TPSA) is 56.4 Å². The number of nitrogens with one attached hydrogen (secondary N) is 3. The van der Waals surface area contributed by atoms with Crippen LogP contribution in [0.1, 0.15) is 24.2 Å². The van der Waals surface area contributed by atoms with Crippen LogP contribution in [0, 0.1) is 0 Å². The van der Waals surface area contributed by atoms with E-state index < -0.39 is 0 Å². The van der Waals surface area contributed by atoms with E-state index in [1.54, 1.807) is 24.3 Å². The number of para-hydroxylation sites is 1. The monoisotopic (exact) mass is 546 g/mol. The summed E-state index contributed by atoms with van der Waals surface area (Å²) >= 11 is 15.9. The molecule has 1 fully saturated rings. The Labute approximate surface area is 212 Å². The van der Waals surface area contributed by atoms with Crippen LogP contribution in [-0.2, 0) is 0 Å². The van der Waals surface area contributed by atoms with Gasteiger partial charge in [0.2, 0.25) is 0 Å². The van der Waals surface area contributed by atoms with Crippen LogP contribution in [0.3, 0.4) is 0 Å². The molecule has 0 saturated carbocycles. The number of nitrogens with zero attached hydrogens (tertiary/aromatic N) is 1. The summed E-state index contributed by atoms with van der Waals surface area (Å²) in [6.07, 6.45) is 0. The van der Waals surface area contributed by atoms with Gasteiger partial charge >= 0.3 is 0 Å². The highest BCUT2D eigenvalue weighted by Crippen LogP contribution is 2.32. The van der Waals surface area contributed by atoms with Gasteiger partial charge in [-0.1, -0.05) is 35.3 Å². The lowest BCUT2D eigenvalue weighted by Gasteiger charge is -2.40. The second kappa shape index (κ2) is 9.94. The summed E-state index contributed by atoms with van der Waals surface area (Å²) in [5.41, 5.74) is 3.76. The largest absolute Gasteiger partial charge is 0.368 e. The fourth-order valence-corrected chi connectivity index (χ4v) is 5.11. The van der Waals surface area contributed by atoms with Crippen molar-refractivity contribution in [1.29, 1.82) is 0 Å². The van der Waals surface area contributed by atoms with Gasteiger partial charge in [0.15, 0.2) is 0 Å². The van der Waals surface area contributed by atoms with Crippen LogP contribution >= 0.6 is 39.1 Å². The number of halogens is 3. The molecular weight excluding hydrogens is 523 g/mol. The van der Waals surface area contributed by atoms with Crippen molar-refractivity contribution >= 4 is 67.8 Å². The summed E-state index contributed by atoms with van der Waals surface area (Å²) in [5, 5.41) is 10.8. The van der Waals surface area contributed by atoms with Crippen molar-refractivity contribution in [2.75, 3.05) is 35.2 Å². The third-order valence-electron chi connectivity index (χ3n) is 5.43. The molecule has 3 N–H and O–H groups in total. The van der Waals surface area contributed by atoms with Gasteiger partial charge < -0.3 is 20.9 Å². The number of rotatable bonds is 5. The zero-order valence-corrected chi connectivity index (χ0v) is 21.5. The molecule has 172 valence electrons. The standard InChI is InChI=1S/C25H25BrCl2N4O/c1-25(2)15-32(10-9-29-25)23-8-7-18(14-21(23)26)31-24(33)20-5-3-4-6-22(20)30-19-12-16(27)11-17(28)13-19/h3-8,11-14,29-30H,9-10,15H2,1-2H3,(H,31,33). The molecule has 3 aromatic carbocycles. The molecule has 0 aliphatic carbocycles. The van der Waals surface area contributed by atoms with Gasteiger partial charge in [0.1, 0.15) is 0 Å². The van der Waals surface area contributed by atoms with Crippen LogP contribution < -0.4 is 20.9 Å². The van der Waals surface area contributed by atoms with Crippen molar-refractivity contribution in [2.45, 2.75) is 19.4 Å². The highest BCUT2D eigenvalue weighted by Gasteiger charge is 2.26. The van der Waals surface area contributed by atoms with Gasteiger partial charge in [0.05, 0.1) is 16.9 Å². The predicted molar refractivity (Wildman–Crippen MR) is 143 cm³/mol. The Balaban J connectivity index is 1.51. The minimum atomic E-state index is -0.214. The Hall–Kier alpha value is -2.25. The molecule has 1 amide bonds. The summed E-state index contributed by atoms with van der Waals surface area (Å²) in [6, 6.07) is 18.4. The number of hydrogen-bond donors (Lipinski definition) is 3. The van der Waals surface area contributed by atoms with Crippen LogP contribution in [0.5, 0.6) is 0 Å². The molecule has 4 rings (SSSR count). The smallest absolute Gasteiger partial charge is 0.257 e. The highest BCUT2D eigenvalue weighted by atomic mass is 79.9. The maximum absolute atomic E-state index is 13.1. The molecule has 0 atom stereocenters. The number of hydrogen-bond acceptors (Lipinski definition) is 4. The van der Waals surface area contributed by atoms with Crippen LogP contribution in [0.4, 0.5) is 22.7 Å². The van der Waals surface area contributed by atoms with Crippen molar-refractivity contribution in [1.82, 2.24) is 5.32 Å². The first-order valence-electron chi connectivity index (χ1n) is 10.6. The average molecular weight is 548 g/mol. The molecular formula is C25H25BrCl2N4O. The lowest BCUT2D eigenvalue weighted by atomic mass is 10.0. The van der Waals surface area contributed by atoms with Gasteiger partial charge in [0, 0.05) is 51.1 Å². The van der Waals surface area contributed by atoms with Gasteiger partial charge in [-0.3, -0.25) is 4.79 Å². The minimum Gasteiger partial charge on any atom is -0.368 e. The highest BCUT2D eigenvalue weighted by molar-refractivity contribution is 9.10. The van der Waals surface area contributed by atoms with E-state index in [1.165, 1.54) is 0 Å². The van der Waals surface area contributed by atoms with Crippen molar-refractivity contribution in [3.05, 3.63) is 80.7 Å². The third-order valence-corrected chi connectivity index (χ3v) is 6.50. The van der Waals surface area contributed by atoms with Crippen LogP contribution in [0.2, 0.25) is 10.0 Å². The lowest BCUT2D eigenvalue weighted by molar-refractivity contribution is 0.102. The molecule has 1 heterocycles. The van der Waals surface area contributed by atoms with Crippen LogP contribution in [0.25, 0.3) is 0 Å². The minimum absolute atomic E-state index is 0.0501. The number of carbonyl (C=O) groups excluding carboxylic acids is 1. The first-order valence-corrected chi connectivity index (χ1v) is 12.2. The predicted octanol–water partition coefficient (Wildman–Crippen LogP) is 6.94. The van der Waals surface area contributed by atoms with Crippen molar-refractivity contribution in [3.8, 4) is 0 Å². The van der Waals surface area contributed by atoms with E-state index in [4.69, 9.17) is 23.2 Å². The van der Waals surface area contributed by atoms with E-state index in [-0.39, 0.29) is 11.4 Å². The Morgan fingerprint density at radius 3 is 2.45 bits per heavy atom. The molecule has 0 aromatic heterocycles. The van der Waals surface area contributed by atoms with E-state index in [0.717, 1.165) is 29.8 Å². The lowest BCUT2D eigenvalue weighted by Crippen LogP contribution is -2.57. The Morgan fingerprint density at radius 2 is 1.76 bits per heavy atom. The maximum atomic E-state index is 13.1. The molecule has 8 heteroatoms. The molecule has 0 radical (unpaired) electrons. The number of benzene rings is 3. The van der Waals surface area contributed by atoms with E-state index in [1.807, 2.05) is 36.4 Å². The molecule has 0 unspecified atom stereocenters. The van der Waals surface area contributed by atoms with Crippen LogP contribution in [-0.4, -0.2) is 31.1 Å². The van der Waals surface area contributed by atoms with Gasteiger partial charge in [0.25, 0.3) is 5.91 Å². The van der Waals surface area contributed by atoms with Crippen molar-refractivity contribution < 1.29 is 4.79 Å². The van der Waals surface area contributed by atoms with Crippen LogP contribution in [0.15, 0.2) is 65.1 Å². The molecule has 0 bridgehead atoms. The third kappa shape index (κ3) is 6.01. The SMILES string of the molecule is CC1(C)CN(c2ccc(NC(=O)c3ccccc3Nc3cc(Cl)cc(Cl)c3)cc2Br)CCN1. The summed E-state index contributed by atoms with van der Waals surface area (Å²) in [4.78, 5) is 15.5. The molecule has 33 heavy (non-hydrogen) atoms. The zero-order valence-electron chi connectivity index (χ0n) is 18.4. The average Bonchev–Trinajstić information content (AvgIpc) is 2.72. The van der Waals surface area contributed by atoms with E-state index in [0.29, 0.717) is 32.7 Å². The molecule has 0 spiro atoms. The second-order valence-electron chi connectivity index (χ2n) is 8.68. The molecule has 5 nitrogen and oxygen atoms in total. The normalized spacial score (nSPS) is 15.2. The number of carbonyl (C=O) groups is 1. The summed E-state index contributed by atoms with van der Waals surface area (Å²) in [7, 11) is 0. The quantitative estimate of drug-likeness (QED) is 0.324. The van der Waals surface area contributed by atoms with Gasteiger partial charge in [-0.05, 0) is 78.3 Å². The Kier molecular flexibility index (Phi) is 7.19. The molecule has 1 aliphatic heterocycles. The fourth-order valence-electron chi connectivity index (χ4n) is 3.96. The molecule has 1 aliphatic rings. The Morgan fingerprint density at radius 1 is 1.03 bits per heavy atom.